The molecule has 1 aliphatic rings. The highest BCUT2D eigenvalue weighted by Gasteiger charge is 2.14. The van der Waals surface area contributed by atoms with Gasteiger partial charge >= 0.3 is 0 Å². The minimum atomic E-state index is 0.581. The largest absolute Gasteiger partial charge is 0.379 e. The van der Waals surface area contributed by atoms with Crippen LogP contribution in [0.5, 0.6) is 0 Å². The number of hydrogen-bond acceptors (Lipinski definition) is 3. The quantitative estimate of drug-likeness (QED) is 0.539. The Bertz CT molecular complexity index is 250. The first kappa shape index (κ1) is 15.2. The average molecular weight is 256 g/mol. The van der Waals surface area contributed by atoms with E-state index in [1.807, 2.05) is 28.2 Å². The molecule has 0 aromatic rings. The molecule has 18 heavy (non-hydrogen) atoms. The average Bonchev–Trinajstić information content (AvgIpc) is 2.29. The van der Waals surface area contributed by atoms with Gasteiger partial charge in [-0.25, -0.2) is 0 Å². The number of nitrogens with zero attached hydrogens (tertiary/aromatic N) is 4. The summed E-state index contributed by atoms with van der Waals surface area (Å²) >= 11 is 0. The van der Waals surface area contributed by atoms with Crippen molar-refractivity contribution in [1.82, 2.24) is 14.7 Å². The smallest absolute Gasteiger partial charge is 0.195 e. The maximum Gasteiger partial charge on any atom is 0.195 e. The molecule has 0 amide bonds. The predicted molar refractivity (Wildman–Crippen MR) is 76.1 cm³/mol. The number of morpholine rings is 1. The van der Waals surface area contributed by atoms with Crippen LogP contribution in [0, 0.1) is 5.92 Å². The van der Waals surface area contributed by atoms with Crippen LogP contribution < -0.4 is 0 Å². The number of rotatable bonds is 4. The highest BCUT2D eigenvalue weighted by molar-refractivity contribution is 5.79. The molecule has 0 saturated carbocycles. The Morgan fingerprint density at radius 3 is 2.22 bits per heavy atom. The van der Waals surface area contributed by atoms with Crippen LogP contribution in [0.15, 0.2) is 4.99 Å². The molecule has 0 aliphatic carbocycles. The van der Waals surface area contributed by atoms with E-state index in [2.05, 4.69) is 21.6 Å². The third-order valence-corrected chi connectivity index (χ3v) is 3.02. The van der Waals surface area contributed by atoms with Gasteiger partial charge in [-0.15, -0.1) is 0 Å². The number of aliphatic imine (C=N–C) groups is 1. The number of guanidine groups is 1. The maximum absolute atomic E-state index is 5.36. The monoisotopic (exact) mass is 256 g/mol. The van der Waals surface area contributed by atoms with Crippen LogP contribution in [0.1, 0.15) is 6.92 Å². The van der Waals surface area contributed by atoms with Gasteiger partial charge < -0.3 is 14.5 Å². The molecular weight excluding hydrogens is 228 g/mol. The van der Waals surface area contributed by atoms with E-state index in [-0.39, 0.29) is 0 Å². The zero-order chi connectivity index (χ0) is 13.5. The Morgan fingerprint density at radius 2 is 1.72 bits per heavy atom. The molecule has 1 rings (SSSR count). The lowest BCUT2D eigenvalue weighted by atomic mass is 10.1. The summed E-state index contributed by atoms with van der Waals surface area (Å²) in [6, 6.07) is 0. The molecule has 0 aromatic heterocycles. The zero-order valence-corrected chi connectivity index (χ0v) is 12.5. The van der Waals surface area contributed by atoms with Crippen molar-refractivity contribution in [1.29, 1.82) is 0 Å². The summed E-state index contributed by atoms with van der Waals surface area (Å²) in [5, 5.41) is 0. The first-order chi connectivity index (χ1) is 8.50. The summed E-state index contributed by atoms with van der Waals surface area (Å²) in [6.07, 6.45) is 0. The third-order valence-electron chi connectivity index (χ3n) is 3.02. The number of hydrogen-bond donors (Lipinski definition) is 0. The van der Waals surface area contributed by atoms with Crippen molar-refractivity contribution in [2.24, 2.45) is 10.9 Å². The van der Waals surface area contributed by atoms with Gasteiger partial charge in [0.15, 0.2) is 5.96 Å². The van der Waals surface area contributed by atoms with Crippen LogP contribution in [0.4, 0.5) is 0 Å². The van der Waals surface area contributed by atoms with E-state index in [9.17, 15) is 0 Å². The molecule has 1 aliphatic heterocycles. The maximum atomic E-state index is 5.36. The van der Waals surface area contributed by atoms with Gasteiger partial charge in [0.05, 0.1) is 13.2 Å². The SMILES string of the molecule is C[C@H](CN=C(N(C)C)N(C)C)CN1CCOCC1. The fourth-order valence-electron chi connectivity index (χ4n) is 2.20. The Labute approximate surface area is 111 Å². The predicted octanol–water partition coefficient (Wildman–Crippen LogP) is 0.434. The summed E-state index contributed by atoms with van der Waals surface area (Å²) in [6.45, 7) is 8.11. The molecule has 106 valence electrons. The van der Waals surface area contributed by atoms with Gasteiger partial charge in [0.25, 0.3) is 0 Å². The molecule has 0 spiro atoms. The van der Waals surface area contributed by atoms with Gasteiger partial charge in [-0.05, 0) is 5.92 Å². The molecule has 1 fully saturated rings. The Morgan fingerprint density at radius 1 is 1.17 bits per heavy atom. The van der Waals surface area contributed by atoms with Gasteiger partial charge in [-0.1, -0.05) is 6.92 Å². The standard InChI is InChI=1S/C13H28N4O/c1-12(11-17-6-8-18-9-7-17)10-14-13(15(2)3)16(4)5/h12H,6-11H2,1-5H3/t12-/m1/s1. The van der Waals surface area contributed by atoms with Crippen LogP contribution >= 0.6 is 0 Å². The van der Waals surface area contributed by atoms with Gasteiger partial charge in [0.1, 0.15) is 0 Å². The van der Waals surface area contributed by atoms with E-state index < -0.39 is 0 Å². The highest BCUT2D eigenvalue weighted by atomic mass is 16.5. The summed E-state index contributed by atoms with van der Waals surface area (Å²) < 4.78 is 5.36. The van der Waals surface area contributed by atoms with Crippen LogP contribution in [0.3, 0.4) is 0 Å². The van der Waals surface area contributed by atoms with Crippen LogP contribution in [0.2, 0.25) is 0 Å². The van der Waals surface area contributed by atoms with Gasteiger partial charge in [0, 0.05) is 54.4 Å². The van der Waals surface area contributed by atoms with Crippen molar-refractivity contribution in [3.8, 4) is 0 Å². The molecule has 5 nitrogen and oxygen atoms in total. The van der Waals surface area contributed by atoms with E-state index in [4.69, 9.17) is 9.73 Å². The first-order valence-corrected chi connectivity index (χ1v) is 6.70. The lowest BCUT2D eigenvalue weighted by molar-refractivity contribution is 0.0323. The lowest BCUT2D eigenvalue weighted by Gasteiger charge is -2.29. The summed E-state index contributed by atoms with van der Waals surface area (Å²) in [4.78, 5) is 11.3. The molecule has 1 heterocycles. The van der Waals surface area contributed by atoms with E-state index >= 15 is 0 Å². The molecule has 0 bridgehead atoms. The zero-order valence-electron chi connectivity index (χ0n) is 12.5. The second-order valence-corrected chi connectivity index (χ2v) is 5.45. The Balaban J connectivity index is 2.38. The van der Waals surface area contributed by atoms with Gasteiger partial charge in [-0.3, -0.25) is 9.89 Å². The molecule has 0 N–H and O–H groups in total. The van der Waals surface area contributed by atoms with E-state index in [1.54, 1.807) is 0 Å². The van der Waals surface area contributed by atoms with Crippen molar-refractivity contribution >= 4 is 5.96 Å². The second kappa shape index (κ2) is 7.59. The molecule has 0 unspecified atom stereocenters. The van der Waals surface area contributed by atoms with E-state index in [0.29, 0.717) is 5.92 Å². The minimum Gasteiger partial charge on any atom is -0.379 e. The summed E-state index contributed by atoms with van der Waals surface area (Å²) in [7, 11) is 8.13. The molecule has 0 aromatic carbocycles. The Hall–Kier alpha value is -0.810. The normalized spacial score (nSPS) is 18.3. The number of ether oxygens (including phenoxy) is 1. The van der Waals surface area contributed by atoms with Crippen molar-refractivity contribution in [2.45, 2.75) is 6.92 Å². The topological polar surface area (TPSA) is 31.3 Å². The van der Waals surface area contributed by atoms with Crippen molar-refractivity contribution in [3.05, 3.63) is 0 Å². The van der Waals surface area contributed by atoms with Crippen LogP contribution in [-0.4, -0.2) is 88.2 Å². The minimum absolute atomic E-state index is 0.581. The van der Waals surface area contributed by atoms with E-state index in [0.717, 1.165) is 45.4 Å². The lowest BCUT2D eigenvalue weighted by Crippen LogP contribution is -2.40. The summed E-state index contributed by atoms with van der Waals surface area (Å²) in [5.74, 6) is 1.61. The third kappa shape index (κ3) is 5.23. The van der Waals surface area contributed by atoms with Gasteiger partial charge in [-0.2, -0.15) is 0 Å². The second-order valence-electron chi connectivity index (χ2n) is 5.45. The van der Waals surface area contributed by atoms with Crippen molar-refractivity contribution in [3.63, 3.8) is 0 Å². The van der Waals surface area contributed by atoms with Crippen LogP contribution in [-0.2, 0) is 4.74 Å². The summed E-state index contributed by atoms with van der Waals surface area (Å²) in [5.41, 5.74) is 0. The molecule has 1 saturated heterocycles. The fraction of sp³-hybridized carbons (Fsp3) is 0.923. The van der Waals surface area contributed by atoms with Crippen molar-refractivity contribution < 1.29 is 4.74 Å². The fourth-order valence-corrected chi connectivity index (χ4v) is 2.20. The molecule has 5 heteroatoms. The van der Waals surface area contributed by atoms with Crippen LogP contribution in [0.25, 0.3) is 0 Å². The Kier molecular flexibility index (Phi) is 6.43. The molecular formula is C13H28N4O. The van der Waals surface area contributed by atoms with Crippen molar-refractivity contribution in [2.75, 3.05) is 67.6 Å². The molecule has 1 atom stereocenters. The van der Waals surface area contributed by atoms with Gasteiger partial charge in [0.2, 0.25) is 0 Å². The first-order valence-electron chi connectivity index (χ1n) is 6.70. The molecule has 0 radical (unpaired) electrons. The highest BCUT2D eigenvalue weighted by Crippen LogP contribution is 2.04. The van der Waals surface area contributed by atoms with E-state index in [1.165, 1.54) is 0 Å².